The Kier molecular flexibility index (Phi) is 4.44. The molecule has 0 aromatic heterocycles. The number of rotatable bonds is 5. The minimum atomic E-state index is -1.16. The molecule has 0 bridgehead atoms. The van der Waals surface area contributed by atoms with Crippen molar-refractivity contribution in [3.63, 3.8) is 0 Å². The summed E-state index contributed by atoms with van der Waals surface area (Å²) in [5.74, 6) is -0.857. The van der Waals surface area contributed by atoms with Gasteiger partial charge < -0.3 is 16.4 Å². The summed E-state index contributed by atoms with van der Waals surface area (Å²) in [6, 6.07) is 9.06. The molecule has 5 nitrogen and oxygen atoms in total. The van der Waals surface area contributed by atoms with Crippen molar-refractivity contribution < 1.29 is 9.59 Å². The number of amides is 2. The van der Waals surface area contributed by atoms with Crippen molar-refractivity contribution in [3.8, 4) is 0 Å². The monoisotopic (exact) mass is 249 g/mol. The topological polar surface area (TPSA) is 89.4 Å². The molecule has 5 heteroatoms. The van der Waals surface area contributed by atoms with Gasteiger partial charge in [0.15, 0.2) is 0 Å². The Labute approximate surface area is 107 Å². The molecule has 0 aliphatic carbocycles. The van der Waals surface area contributed by atoms with E-state index in [9.17, 15) is 9.59 Å². The molecule has 0 saturated heterocycles. The van der Waals surface area contributed by atoms with Gasteiger partial charge in [-0.1, -0.05) is 30.3 Å². The number of hydrogen-bond acceptors (Lipinski definition) is 3. The lowest BCUT2D eigenvalue weighted by molar-refractivity contribution is -0.139. The Morgan fingerprint density at radius 1 is 1.28 bits per heavy atom. The highest BCUT2D eigenvalue weighted by molar-refractivity contribution is 5.90. The Bertz CT molecular complexity index is 429. The Morgan fingerprint density at radius 2 is 1.83 bits per heavy atom. The first kappa shape index (κ1) is 14.2. The van der Waals surface area contributed by atoms with E-state index in [0.717, 1.165) is 0 Å². The molecule has 0 spiro atoms. The number of nitrogens with two attached hydrogens (primary N) is 2. The largest absolute Gasteiger partial charge is 0.368 e. The van der Waals surface area contributed by atoms with Crippen molar-refractivity contribution in [1.82, 2.24) is 4.90 Å². The van der Waals surface area contributed by atoms with Crippen LogP contribution in [0.2, 0.25) is 0 Å². The van der Waals surface area contributed by atoms with E-state index in [1.54, 1.807) is 26.0 Å². The number of carbonyl (C=O) groups excluding carboxylic acids is 2. The molecule has 1 unspecified atom stereocenters. The number of benzene rings is 1. The highest BCUT2D eigenvalue weighted by Gasteiger charge is 2.34. The van der Waals surface area contributed by atoms with Crippen molar-refractivity contribution in [1.29, 1.82) is 0 Å². The Hall–Kier alpha value is -1.88. The fourth-order valence-corrected chi connectivity index (χ4v) is 1.75. The quantitative estimate of drug-likeness (QED) is 0.780. The Morgan fingerprint density at radius 3 is 2.28 bits per heavy atom. The number of likely N-dealkylation sites (N-methyl/N-ethyl adjacent to an activating group) is 1. The summed E-state index contributed by atoms with van der Waals surface area (Å²) in [6.07, 6.45) is 0. The van der Waals surface area contributed by atoms with Crippen LogP contribution < -0.4 is 11.5 Å². The maximum absolute atomic E-state index is 12.3. The molecular weight excluding hydrogens is 230 g/mol. The fraction of sp³-hybridized carbons (Fsp3) is 0.385. The summed E-state index contributed by atoms with van der Waals surface area (Å²) in [7, 11) is 0. The van der Waals surface area contributed by atoms with Crippen molar-refractivity contribution >= 4 is 11.8 Å². The maximum atomic E-state index is 12.3. The summed E-state index contributed by atoms with van der Waals surface area (Å²) in [5, 5.41) is 0. The van der Waals surface area contributed by atoms with E-state index in [4.69, 9.17) is 11.5 Å². The van der Waals surface area contributed by atoms with Gasteiger partial charge in [-0.25, -0.2) is 0 Å². The third-order valence-corrected chi connectivity index (χ3v) is 2.83. The van der Waals surface area contributed by atoms with E-state index in [-0.39, 0.29) is 12.5 Å². The van der Waals surface area contributed by atoms with Gasteiger partial charge >= 0.3 is 0 Å². The zero-order chi connectivity index (χ0) is 13.8. The summed E-state index contributed by atoms with van der Waals surface area (Å²) in [5.41, 5.74) is 10.8. The fourth-order valence-electron chi connectivity index (χ4n) is 1.75. The number of primary amides is 1. The highest BCUT2D eigenvalue weighted by atomic mass is 16.2. The third kappa shape index (κ3) is 3.07. The molecule has 1 aromatic carbocycles. The molecule has 2 amide bonds. The second-order valence-electron chi connectivity index (χ2n) is 4.35. The predicted octanol–water partition coefficient (Wildman–Crippen LogP) is 0.194. The Balaban J connectivity index is 2.97. The minimum Gasteiger partial charge on any atom is -0.368 e. The van der Waals surface area contributed by atoms with Crippen LogP contribution >= 0.6 is 0 Å². The van der Waals surface area contributed by atoms with Crippen LogP contribution in [0.1, 0.15) is 19.4 Å². The second-order valence-corrected chi connectivity index (χ2v) is 4.35. The lowest BCUT2D eigenvalue weighted by atomic mass is 9.91. The second kappa shape index (κ2) is 5.64. The van der Waals surface area contributed by atoms with Gasteiger partial charge in [0.25, 0.3) is 0 Å². The molecule has 0 aliphatic rings. The van der Waals surface area contributed by atoms with Gasteiger partial charge in [-0.15, -0.1) is 0 Å². The van der Waals surface area contributed by atoms with E-state index >= 15 is 0 Å². The molecule has 0 aliphatic heterocycles. The smallest absolute Gasteiger partial charge is 0.247 e. The van der Waals surface area contributed by atoms with E-state index in [0.29, 0.717) is 12.1 Å². The number of nitrogens with zero attached hydrogens (tertiary/aromatic N) is 1. The molecule has 0 fully saturated rings. The van der Waals surface area contributed by atoms with Crippen molar-refractivity contribution in [2.24, 2.45) is 11.5 Å². The summed E-state index contributed by atoms with van der Waals surface area (Å²) in [4.78, 5) is 24.6. The van der Waals surface area contributed by atoms with Gasteiger partial charge in [0.2, 0.25) is 11.8 Å². The van der Waals surface area contributed by atoms with Crippen LogP contribution in [0.15, 0.2) is 30.3 Å². The van der Waals surface area contributed by atoms with Crippen LogP contribution in [-0.2, 0) is 15.1 Å². The molecule has 0 heterocycles. The summed E-state index contributed by atoms with van der Waals surface area (Å²) >= 11 is 0. The molecule has 1 rings (SSSR count). The molecular formula is C13H19N3O2. The number of carbonyl (C=O) groups is 2. The van der Waals surface area contributed by atoms with Gasteiger partial charge in [0.05, 0.1) is 6.54 Å². The van der Waals surface area contributed by atoms with Crippen LogP contribution in [0, 0.1) is 0 Å². The van der Waals surface area contributed by atoms with Crippen LogP contribution in [-0.4, -0.2) is 29.8 Å². The van der Waals surface area contributed by atoms with Gasteiger partial charge in [-0.2, -0.15) is 0 Å². The van der Waals surface area contributed by atoms with Crippen LogP contribution in [0.25, 0.3) is 0 Å². The lowest BCUT2D eigenvalue weighted by Gasteiger charge is -2.30. The minimum absolute atomic E-state index is 0.116. The third-order valence-electron chi connectivity index (χ3n) is 2.83. The van der Waals surface area contributed by atoms with Crippen molar-refractivity contribution in [2.45, 2.75) is 19.4 Å². The average Bonchev–Trinajstić information content (AvgIpc) is 2.36. The van der Waals surface area contributed by atoms with Crippen molar-refractivity contribution in [3.05, 3.63) is 35.9 Å². The first-order valence-electron chi connectivity index (χ1n) is 5.81. The average molecular weight is 249 g/mol. The summed E-state index contributed by atoms with van der Waals surface area (Å²) < 4.78 is 0. The van der Waals surface area contributed by atoms with E-state index in [2.05, 4.69) is 0 Å². The normalized spacial score (nSPS) is 13.7. The maximum Gasteiger partial charge on any atom is 0.247 e. The van der Waals surface area contributed by atoms with E-state index in [1.807, 2.05) is 18.2 Å². The van der Waals surface area contributed by atoms with Crippen molar-refractivity contribution in [2.75, 3.05) is 13.1 Å². The first-order chi connectivity index (χ1) is 8.39. The van der Waals surface area contributed by atoms with Crippen LogP contribution in [0.3, 0.4) is 0 Å². The van der Waals surface area contributed by atoms with Gasteiger partial charge in [0.1, 0.15) is 5.54 Å². The molecule has 98 valence electrons. The zero-order valence-corrected chi connectivity index (χ0v) is 10.7. The first-order valence-corrected chi connectivity index (χ1v) is 5.81. The standard InChI is InChI=1S/C13H19N3O2/c1-3-16(9-11(14)17)12(18)13(2,15)10-7-5-4-6-8-10/h4-8H,3,9,15H2,1-2H3,(H2,14,17). The highest BCUT2D eigenvalue weighted by Crippen LogP contribution is 2.20. The van der Waals surface area contributed by atoms with Gasteiger partial charge in [-0.3, -0.25) is 9.59 Å². The van der Waals surface area contributed by atoms with Crippen LogP contribution in [0.5, 0.6) is 0 Å². The molecule has 4 N–H and O–H groups in total. The van der Waals surface area contributed by atoms with E-state index < -0.39 is 11.4 Å². The van der Waals surface area contributed by atoms with Crippen LogP contribution in [0.4, 0.5) is 0 Å². The molecule has 0 radical (unpaired) electrons. The molecule has 18 heavy (non-hydrogen) atoms. The summed E-state index contributed by atoms with van der Waals surface area (Å²) in [6.45, 7) is 3.69. The van der Waals surface area contributed by atoms with Gasteiger partial charge in [-0.05, 0) is 19.4 Å². The predicted molar refractivity (Wildman–Crippen MR) is 69.4 cm³/mol. The SMILES string of the molecule is CCN(CC(N)=O)C(=O)C(C)(N)c1ccccc1. The molecule has 1 aromatic rings. The molecule has 0 saturated carbocycles. The van der Waals surface area contributed by atoms with Gasteiger partial charge in [0, 0.05) is 6.54 Å². The lowest BCUT2D eigenvalue weighted by Crippen LogP contribution is -2.52. The number of hydrogen-bond donors (Lipinski definition) is 2. The zero-order valence-electron chi connectivity index (χ0n) is 10.7. The van der Waals surface area contributed by atoms with E-state index in [1.165, 1.54) is 4.90 Å². The molecule has 1 atom stereocenters.